The van der Waals surface area contributed by atoms with Crippen LogP contribution in [0.5, 0.6) is 0 Å². The summed E-state index contributed by atoms with van der Waals surface area (Å²) in [4.78, 5) is 33.4. The number of amides is 3. The average molecular weight is 265 g/mol. The van der Waals surface area contributed by atoms with Gasteiger partial charge in [0.05, 0.1) is 11.3 Å². The maximum absolute atomic E-state index is 11.4. The van der Waals surface area contributed by atoms with Gasteiger partial charge in [-0.05, 0) is 25.1 Å². The highest BCUT2D eigenvalue weighted by Gasteiger charge is 2.13. The Morgan fingerprint density at radius 1 is 1.21 bits per heavy atom. The number of benzene rings is 1. The number of rotatable bonds is 4. The molecule has 0 saturated carbocycles. The second kappa shape index (κ2) is 6.39. The number of aromatic carboxylic acids is 1. The van der Waals surface area contributed by atoms with Crippen LogP contribution in [0, 0.1) is 0 Å². The van der Waals surface area contributed by atoms with Gasteiger partial charge in [0.2, 0.25) is 5.91 Å². The molecule has 0 aliphatic heterocycles. The van der Waals surface area contributed by atoms with Crippen LogP contribution >= 0.6 is 0 Å². The standard InChI is InChI=1S/C12H15N3O4/c1-3-13-12(19)15-10-5-4-8(14-7(2)16)6-9(10)11(17)18/h4-6H,3H2,1-2H3,(H,14,16)(H,17,18)(H2,13,15,19). The highest BCUT2D eigenvalue weighted by molar-refractivity contribution is 6.01. The quantitative estimate of drug-likeness (QED) is 0.661. The third kappa shape index (κ3) is 4.30. The maximum Gasteiger partial charge on any atom is 0.337 e. The lowest BCUT2D eigenvalue weighted by atomic mass is 10.1. The molecule has 102 valence electrons. The number of carboxylic acid groups (broad SMARTS) is 1. The Morgan fingerprint density at radius 3 is 2.42 bits per heavy atom. The van der Waals surface area contributed by atoms with Crippen LogP contribution in [0.3, 0.4) is 0 Å². The van der Waals surface area contributed by atoms with Gasteiger partial charge in [0, 0.05) is 19.2 Å². The van der Waals surface area contributed by atoms with Gasteiger partial charge in [0.1, 0.15) is 0 Å². The summed E-state index contributed by atoms with van der Waals surface area (Å²) in [5.74, 6) is -1.50. The van der Waals surface area contributed by atoms with Crippen LogP contribution < -0.4 is 16.0 Å². The fourth-order valence-corrected chi connectivity index (χ4v) is 1.44. The molecular formula is C12H15N3O4. The molecule has 0 radical (unpaired) electrons. The molecular weight excluding hydrogens is 250 g/mol. The lowest BCUT2D eigenvalue weighted by Crippen LogP contribution is -2.29. The fourth-order valence-electron chi connectivity index (χ4n) is 1.44. The van der Waals surface area contributed by atoms with Gasteiger partial charge in [0.25, 0.3) is 0 Å². The van der Waals surface area contributed by atoms with Crippen LogP contribution in [0.1, 0.15) is 24.2 Å². The van der Waals surface area contributed by atoms with Crippen molar-refractivity contribution in [1.82, 2.24) is 5.32 Å². The molecule has 0 atom stereocenters. The molecule has 7 heteroatoms. The normalized spacial score (nSPS) is 9.58. The molecule has 7 nitrogen and oxygen atoms in total. The Balaban J connectivity index is 3.01. The molecule has 3 amide bonds. The molecule has 1 rings (SSSR count). The molecule has 19 heavy (non-hydrogen) atoms. The highest BCUT2D eigenvalue weighted by atomic mass is 16.4. The van der Waals surface area contributed by atoms with E-state index in [1.165, 1.54) is 25.1 Å². The Hall–Kier alpha value is -2.57. The monoisotopic (exact) mass is 265 g/mol. The van der Waals surface area contributed by atoms with E-state index in [2.05, 4.69) is 16.0 Å². The van der Waals surface area contributed by atoms with E-state index >= 15 is 0 Å². The van der Waals surface area contributed by atoms with E-state index < -0.39 is 12.0 Å². The molecule has 4 N–H and O–H groups in total. The molecule has 0 aliphatic carbocycles. The van der Waals surface area contributed by atoms with Crippen molar-refractivity contribution in [3.05, 3.63) is 23.8 Å². The minimum Gasteiger partial charge on any atom is -0.478 e. The van der Waals surface area contributed by atoms with Crippen molar-refractivity contribution < 1.29 is 19.5 Å². The van der Waals surface area contributed by atoms with E-state index in [0.29, 0.717) is 12.2 Å². The molecule has 0 heterocycles. The summed E-state index contributed by atoms with van der Waals surface area (Å²) in [6.45, 7) is 3.50. The van der Waals surface area contributed by atoms with Gasteiger partial charge in [-0.2, -0.15) is 0 Å². The molecule has 0 fully saturated rings. The van der Waals surface area contributed by atoms with Crippen molar-refractivity contribution in [3.63, 3.8) is 0 Å². The van der Waals surface area contributed by atoms with Gasteiger partial charge in [-0.15, -0.1) is 0 Å². The van der Waals surface area contributed by atoms with Gasteiger partial charge in [0.15, 0.2) is 0 Å². The largest absolute Gasteiger partial charge is 0.478 e. The maximum atomic E-state index is 11.4. The van der Waals surface area contributed by atoms with Crippen molar-refractivity contribution in [2.24, 2.45) is 0 Å². The van der Waals surface area contributed by atoms with Crippen molar-refractivity contribution in [2.45, 2.75) is 13.8 Å². The van der Waals surface area contributed by atoms with Crippen molar-refractivity contribution in [3.8, 4) is 0 Å². The first-order valence-corrected chi connectivity index (χ1v) is 5.63. The molecule has 1 aromatic carbocycles. The lowest BCUT2D eigenvalue weighted by molar-refractivity contribution is -0.114. The van der Waals surface area contributed by atoms with Crippen LogP contribution in [0.4, 0.5) is 16.2 Å². The van der Waals surface area contributed by atoms with Crippen LogP contribution in [0.25, 0.3) is 0 Å². The second-order valence-electron chi connectivity index (χ2n) is 3.73. The van der Waals surface area contributed by atoms with E-state index in [1.54, 1.807) is 6.92 Å². The molecule has 0 aromatic heterocycles. The summed E-state index contributed by atoms with van der Waals surface area (Å²) in [6.07, 6.45) is 0. The Kier molecular flexibility index (Phi) is 4.87. The number of hydrogen-bond donors (Lipinski definition) is 4. The lowest BCUT2D eigenvalue weighted by Gasteiger charge is -2.11. The minimum absolute atomic E-state index is 0.0995. The first-order chi connectivity index (χ1) is 8.93. The van der Waals surface area contributed by atoms with E-state index in [0.717, 1.165) is 0 Å². The zero-order chi connectivity index (χ0) is 14.4. The number of carboxylic acids is 1. The average Bonchev–Trinajstić information content (AvgIpc) is 2.30. The van der Waals surface area contributed by atoms with Crippen molar-refractivity contribution >= 4 is 29.3 Å². The number of hydrogen-bond acceptors (Lipinski definition) is 3. The summed E-state index contributed by atoms with van der Waals surface area (Å²) >= 11 is 0. The van der Waals surface area contributed by atoms with Crippen molar-refractivity contribution in [2.75, 3.05) is 17.2 Å². The van der Waals surface area contributed by atoms with Gasteiger partial charge < -0.3 is 21.1 Å². The molecule has 0 unspecified atom stereocenters. The zero-order valence-corrected chi connectivity index (χ0v) is 10.6. The highest BCUT2D eigenvalue weighted by Crippen LogP contribution is 2.20. The molecule has 0 saturated heterocycles. The topological polar surface area (TPSA) is 108 Å². The Bertz CT molecular complexity index is 514. The minimum atomic E-state index is -1.20. The van der Waals surface area contributed by atoms with Gasteiger partial charge in [-0.25, -0.2) is 9.59 Å². The third-order valence-electron chi connectivity index (χ3n) is 2.16. The van der Waals surface area contributed by atoms with Crippen LogP contribution in [0.2, 0.25) is 0 Å². The number of urea groups is 1. The van der Waals surface area contributed by atoms with E-state index in [9.17, 15) is 14.4 Å². The first-order valence-electron chi connectivity index (χ1n) is 5.63. The van der Waals surface area contributed by atoms with Gasteiger partial charge >= 0.3 is 12.0 Å². The summed E-state index contributed by atoms with van der Waals surface area (Å²) < 4.78 is 0. The number of nitrogens with one attached hydrogen (secondary N) is 3. The molecule has 0 bridgehead atoms. The summed E-state index contributed by atoms with van der Waals surface area (Å²) in [6, 6.07) is 3.72. The second-order valence-corrected chi connectivity index (χ2v) is 3.73. The molecule has 1 aromatic rings. The first kappa shape index (κ1) is 14.5. The summed E-state index contributed by atoms with van der Waals surface area (Å²) in [5, 5.41) is 16.5. The summed E-state index contributed by atoms with van der Waals surface area (Å²) in [5.41, 5.74) is 0.413. The van der Waals surface area contributed by atoms with Crippen LogP contribution in [-0.4, -0.2) is 29.6 Å². The Morgan fingerprint density at radius 2 is 1.89 bits per heavy atom. The number of carbonyl (C=O) groups is 3. The van der Waals surface area contributed by atoms with E-state index in [4.69, 9.17) is 5.11 Å². The predicted molar refractivity (Wildman–Crippen MR) is 70.4 cm³/mol. The smallest absolute Gasteiger partial charge is 0.337 e. The van der Waals surface area contributed by atoms with Crippen LogP contribution in [0.15, 0.2) is 18.2 Å². The molecule has 0 aliphatic rings. The Labute approximate surface area is 110 Å². The van der Waals surface area contributed by atoms with Gasteiger partial charge in [-0.1, -0.05) is 0 Å². The third-order valence-corrected chi connectivity index (χ3v) is 2.16. The summed E-state index contributed by atoms with van der Waals surface area (Å²) in [7, 11) is 0. The SMILES string of the molecule is CCNC(=O)Nc1ccc(NC(C)=O)cc1C(=O)O. The van der Waals surface area contributed by atoms with E-state index in [1.807, 2.05) is 0 Å². The fraction of sp³-hybridized carbons (Fsp3) is 0.250. The zero-order valence-electron chi connectivity index (χ0n) is 10.6. The number of carbonyl (C=O) groups excluding carboxylic acids is 2. The number of anilines is 2. The van der Waals surface area contributed by atoms with Crippen LogP contribution in [-0.2, 0) is 4.79 Å². The predicted octanol–water partition coefficient (Wildman–Crippen LogP) is 1.48. The van der Waals surface area contributed by atoms with E-state index in [-0.39, 0.29) is 17.2 Å². The molecule has 0 spiro atoms. The van der Waals surface area contributed by atoms with Gasteiger partial charge in [-0.3, -0.25) is 4.79 Å². The van der Waals surface area contributed by atoms with Crippen molar-refractivity contribution in [1.29, 1.82) is 0 Å².